The maximum atomic E-state index is 10.6. The first-order valence-electron chi connectivity index (χ1n) is 3.71. The number of nitrogens with zero attached hydrogens (tertiary/aromatic N) is 3. The lowest BCUT2D eigenvalue weighted by Gasteiger charge is -1.94. The van der Waals surface area contributed by atoms with Crippen LogP contribution in [0.2, 0.25) is 0 Å². The fraction of sp³-hybridized carbons (Fsp3) is 0.125. The van der Waals surface area contributed by atoms with E-state index in [9.17, 15) is 4.79 Å². The molecule has 2 rings (SSSR count). The van der Waals surface area contributed by atoms with Crippen LogP contribution in [0.15, 0.2) is 18.6 Å². The summed E-state index contributed by atoms with van der Waals surface area (Å²) < 4.78 is 1.60. The maximum Gasteiger partial charge on any atom is 0.338 e. The van der Waals surface area contributed by atoms with Gasteiger partial charge in [-0.1, -0.05) is 0 Å². The van der Waals surface area contributed by atoms with Gasteiger partial charge in [-0.05, 0) is 6.92 Å². The molecular formula is C8H7N3O2. The van der Waals surface area contributed by atoms with E-state index in [0.29, 0.717) is 5.78 Å². The third-order valence-corrected chi connectivity index (χ3v) is 1.68. The minimum absolute atomic E-state index is 0.157. The number of aromatic carboxylic acids is 1. The summed E-state index contributed by atoms with van der Waals surface area (Å²) >= 11 is 0. The first-order valence-corrected chi connectivity index (χ1v) is 3.71. The van der Waals surface area contributed by atoms with Crippen LogP contribution in [0.3, 0.4) is 0 Å². The van der Waals surface area contributed by atoms with Crippen molar-refractivity contribution in [1.82, 2.24) is 14.4 Å². The van der Waals surface area contributed by atoms with Gasteiger partial charge >= 0.3 is 5.97 Å². The summed E-state index contributed by atoms with van der Waals surface area (Å²) in [6.45, 7) is 1.83. The van der Waals surface area contributed by atoms with Crippen molar-refractivity contribution in [3.63, 3.8) is 0 Å². The molecule has 5 nitrogen and oxygen atoms in total. The predicted octanol–water partition coefficient (Wildman–Crippen LogP) is 0.736. The fourth-order valence-electron chi connectivity index (χ4n) is 1.11. The van der Waals surface area contributed by atoms with Gasteiger partial charge in [-0.25, -0.2) is 14.8 Å². The molecule has 5 heteroatoms. The number of hydrogen-bond donors (Lipinski definition) is 1. The Labute approximate surface area is 73.7 Å². The molecular weight excluding hydrogens is 170 g/mol. The number of fused-ring (bicyclic) bond motifs is 1. The van der Waals surface area contributed by atoms with Gasteiger partial charge in [0.15, 0.2) is 0 Å². The number of imidazole rings is 1. The Hall–Kier alpha value is -1.91. The van der Waals surface area contributed by atoms with Gasteiger partial charge in [0.05, 0.1) is 11.3 Å². The highest BCUT2D eigenvalue weighted by atomic mass is 16.4. The van der Waals surface area contributed by atoms with Crippen LogP contribution in [0.1, 0.15) is 16.1 Å². The van der Waals surface area contributed by atoms with Crippen LogP contribution in [-0.2, 0) is 0 Å². The number of rotatable bonds is 1. The van der Waals surface area contributed by atoms with Crippen LogP contribution in [0, 0.1) is 6.92 Å². The molecule has 0 amide bonds. The van der Waals surface area contributed by atoms with Crippen LogP contribution >= 0.6 is 0 Å². The molecule has 0 atom stereocenters. The molecule has 0 saturated carbocycles. The largest absolute Gasteiger partial charge is 0.478 e. The summed E-state index contributed by atoms with van der Waals surface area (Å²) in [5, 5.41) is 8.68. The van der Waals surface area contributed by atoms with Crippen molar-refractivity contribution in [3.05, 3.63) is 29.8 Å². The summed E-state index contributed by atoms with van der Waals surface area (Å²) in [6, 6.07) is 0. The molecule has 0 aromatic carbocycles. The first-order chi connectivity index (χ1) is 6.16. The van der Waals surface area contributed by atoms with Gasteiger partial charge < -0.3 is 5.11 Å². The Morgan fingerprint density at radius 1 is 1.54 bits per heavy atom. The zero-order chi connectivity index (χ0) is 9.42. The van der Waals surface area contributed by atoms with E-state index in [1.165, 1.54) is 12.4 Å². The fourth-order valence-corrected chi connectivity index (χ4v) is 1.11. The average molecular weight is 177 g/mol. The van der Waals surface area contributed by atoms with E-state index in [-0.39, 0.29) is 5.56 Å². The highest BCUT2D eigenvalue weighted by molar-refractivity contribution is 5.86. The number of carbonyl (C=O) groups is 1. The molecule has 0 fully saturated rings. The highest BCUT2D eigenvalue weighted by Gasteiger charge is 2.05. The molecule has 1 N–H and O–H groups in total. The van der Waals surface area contributed by atoms with E-state index in [1.807, 2.05) is 6.92 Å². The van der Waals surface area contributed by atoms with Crippen molar-refractivity contribution < 1.29 is 9.90 Å². The first kappa shape index (κ1) is 7.72. The standard InChI is InChI=1S/C8H7N3O2/c1-5-3-11-4-6(7(12)13)2-9-8(11)10-5/h2-4H,1H3,(H,12,13). The van der Waals surface area contributed by atoms with Crippen LogP contribution in [0.25, 0.3) is 5.78 Å². The Morgan fingerprint density at radius 3 is 3.00 bits per heavy atom. The van der Waals surface area contributed by atoms with Crippen molar-refractivity contribution >= 4 is 11.7 Å². The molecule has 2 heterocycles. The summed E-state index contributed by atoms with van der Waals surface area (Å²) in [4.78, 5) is 18.5. The third kappa shape index (κ3) is 1.24. The lowest BCUT2D eigenvalue weighted by molar-refractivity contribution is 0.0696. The van der Waals surface area contributed by atoms with Crippen molar-refractivity contribution in [3.8, 4) is 0 Å². The normalized spacial score (nSPS) is 10.5. The third-order valence-electron chi connectivity index (χ3n) is 1.68. The van der Waals surface area contributed by atoms with Crippen LogP contribution in [0.5, 0.6) is 0 Å². The van der Waals surface area contributed by atoms with E-state index in [4.69, 9.17) is 5.11 Å². The topological polar surface area (TPSA) is 67.5 Å². The predicted molar refractivity (Wildman–Crippen MR) is 44.7 cm³/mol. The van der Waals surface area contributed by atoms with Crippen molar-refractivity contribution in [1.29, 1.82) is 0 Å². The van der Waals surface area contributed by atoms with E-state index >= 15 is 0 Å². The quantitative estimate of drug-likeness (QED) is 0.697. The number of carboxylic acid groups (broad SMARTS) is 1. The number of aryl methyl sites for hydroxylation is 1. The summed E-state index contributed by atoms with van der Waals surface area (Å²) in [7, 11) is 0. The number of hydrogen-bond acceptors (Lipinski definition) is 3. The SMILES string of the molecule is Cc1cn2cc(C(=O)O)cnc2n1. The van der Waals surface area contributed by atoms with Crippen molar-refractivity contribution in [2.24, 2.45) is 0 Å². The molecule has 0 saturated heterocycles. The van der Waals surface area contributed by atoms with Gasteiger partial charge in [-0.2, -0.15) is 0 Å². The molecule has 0 spiro atoms. The van der Waals surface area contributed by atoms with E-state index < -0.39 is 5.97 Å². The Morgan fingerprint density at radius 2 is 2.31 bits per heavy atom. The molecule has 13 heavy (non-hydrogen) atoms. The molecule has 0 unspecified atom stereocenters. The molecule has 2 aromatic heterocycles. The van der Waals surface area contributed by atoms with E-state index in [2.05, 4.69) is 9.97 Å². The molecule has 0 radical (unpaired) electrons. The smallest absolute Gasteiger partial charge is 0.338 e. The molecule has 0 bridgehead atoms. The molecule has 66 valence electrons. The molecule has 0 aliphatic rings. The van der Waals surface area contributed by atoms with Gasteiger partial charge in [-0.15, -0.1) is 0 Å². The average Bonchev–Trinajstić information content (AvgIpc) is 2.42. The zero-order valence-corrected chi connectivity index (χ0v) is 6.93. The lowest BCUT2D eigenvalue weighted by Crippen LogP contribution is -1.99. The monoisotopic (exact) mass is 177 g/mol. The Balaban J connectivity index is 2.67. The number of carboxylic acids is 1. The van der Waals surface area contributed by atoms with Gasteiger partial charge in [0.25, 0.3) is 0 Å². The Bertz CT molecular complexity index is 475. The van der Waals surface area contributed by atoms with Gasteiger partial charge in [0.2, 0.25) is 5.78 Å². The minimum atomic E-state index is -0.985. The van der Waals surface area contributed by atoms with Crippen LogP contribution < -0.4 is 0 Å². The second-order valence-corrected chi connectivity index (χ2v) is 2.74. The highest BCUT2D eigenvalue weighted by Crippen LogP contribution is 2.03. The van der Waals surface area contributed by atoms with Crippen LogP contribution in [-0.4, -0.2) is 25.4 Å². The second-order valence-electron chi connectivity index (χ2n) is 2.74. The molecule has 0 aliphatic heterocycles. The lowest BCUT2D eigenvalue weighted by atomic mass is 10.3. The van der Waals surface area contributed by atoms with Gasteiger partial charge in [0.1, 0.15) is 0 Å². The maximum absolute atomic E-state index is 10.6. The van der Waals surface area contributed by atoms with Gasteiger partial charge in [-0.3, -0.25) is 4.40 Å². The molecule has 2 aromatic rings. The second kappa shape index (κ2) is 2.55. The van der Waals surface area contributed by atoms with Crippen molar-refractivity contribution in [2.45, 2.75) is 6.92 Å². The van der Waals surface area contributed by atoms with E-state index in [0.717, 1.165) is 5.69 Å². The summed E-state index contributed by atoms with van der Waals surface area (Å²) in [6.07, 6.45) is 4.52. The Kier molecular flexibility index (Phi) is 1.51. The van der Waals surface area contributed by atoms with Gasteiger partial charge in [0, 0.05) is 18.6 Å². The van der Waals surface area contributed by atoms with E-state index in [1.54, 1.807) is 10.6 Å². The summed E-state index contributed by atoms with van der Waals surface area (Å²) in [5.41, 5.74) is 0.972. The van der Waals surface area contributed by atoms with Crippen LogP contribution in [0.4, 0.5) is 0 Å². The minimum Gasteiger partial charge on any atom is -0.478 e. The number of aromatic nitrogens is 3. The zero-order valence-electron chi connectivity index (χ0n) is 6.93. The summed E-state index contributed by atoms with van der Waals surface area (Å²) in [5.74, 6) is -0.469. The molecule has 0 aliphatic carbocycles. The van der Waals surface area contributed by atoms with Crippen molar-refractivity contribution in [2.75, 3.05) is 0 Å².